The Morgan fingerprint density at radius 2 is 1.61 bits per heavy atom. The Bertz CT molecular complexity index is 1040. The lowest BCUT2D eigenvalue weighted by atomic mass is 9.63. The Kier molecular flexibility index (Phi) is 4.70. The Morgan fingerprint density at radius 3 is 2.25 bits per heavy atom. The number of rotatable bonds is 4. The van der Waals surface area contributed by atoms with Gasteiger partial charge in [-0.2, -0.15) is 0 Å². The van der Waals surface area contributed by atoms with Crippen LogP contribution in [0.1, 0.15) is 57.2 Å². The van der Waals surface area contributed by atoms with Gasteiger partial charge in [0.05, 0.1) is 4.88 Å². The molecule has 0 aliphatic heterocycles. The standard InChI is InChI=1S/C24H27NO2S/c1-23(2)11-12-24(3,4)20-13-16(5-10-19(20)23)15-27-18-8-6-17(7-9-18)21-14-22(26)25-28-21/h5-10,13-14H,11-12,15H2,1-4H3,(H,25,26). The van der Waals surface area contributed by atoms with Gasteiger partial charge < -0.3 is 4.74 Å². The minimum atomic E-state index is -0.0566. The van der Waals surface area contributed by atoms with Crippen molar-refractivity contribution in [2.45, 2.75) is 58.0 Å². The topological polar surface area (TPSA) is 42.1 Å². The Hall–Kier alpha value is -2.33. The summed E-state index contributed by atoms with van der Waals surface area (Å²) >= 11 is 1.35. The van der Waals surface area contributed by atoms with E-state index in [2.05, 4.69) is 50.3 Å². The van der Waals surface area contributed by atoms with E-state index >= 15 is 0 Å². The van der Waals surface area contributed by atoms with Gasteiger partial charge in [0.25, 0.3) is 5.56 Å². The second-order valence-electron chi connectivity index (χ2n) is 9.04. The average Bonchev–Trinajstić information content (AvgIpc) is 3.11. The SMILES string of the molecule is CC1(C)CCC(C)(C)c2cc(COc3ccc(-c4cc(=O)[nH]s4)cc3)ccc21. The summed E-state index contributed by atoms with van der Waals surface area (Å²) in [6.45, 7) is 9.94. The lowest BCUT2D eigenvalue weighted by Gasteiger charge is -2.42. The Labute approximate surface area is 170 Å². The normalized spacial score (nSPS) is 17.1. The molecule has 1 aliphatic rings. The highest BCUT2D eigenvalue weighted by molar-refractivity contribution is 7.09. The fourth-order valence-corrected chi connectivity index (χ4v) is 4.72. The third kappa shape index (κ3) is 3.66. The third-order valence-corrected chi connectivity index (χ3v) is 6.86. The van der Waals surface area contributed by atoms with Crippen LogP contribution in [0.25, 0.3) is 10.4 Å². The molecule has 1 heterocycles. The van der Waals surface area contributed by atoms with Gasteiger partial charge in [-0.15, -0.1) is 0 Å². The molecule has 0 saturated heterocycles. The number of hydrogen-bond donors (Lipinski definition) is 1. The van der Waals surface area contributed by atoms with Crippen LogP contribution in [0.3, 0.4) is 0 Å². The summed E-state index contributed by atoms with van der Waals surface area (Å²) in [5.74, 6) is 0.837. The van der Waals surface area contributed by atoms with Crippen LogP contribution in [0.2, 0.25) is 0 Å². The van der Waals surface area contributed by atoms with Crippen molar-refractivity contribution in [3.63, 3.8) is 0 Å². The molecule has 0 amide bonds. The molecule has 4 rings (SSSR count). The zero-order valence-electron chi connectivity index (χ0n) is 17.0. The summed E-state index contributed by atoms with van der Waals surface area (Å²) in [4.78, 5) is 12.2. The minimum absolute atomic E-state index is 0.0566. The number of ether oxygens (including phenoxy) is 1. The second-order valence-corrected chi connectivity index (χ2v) is 9.89. The van der Waals surface area contributed by atoms with E-state index in [0.29, 0.717) is 6.61 Å². The monoisotopic (exact) mass is 393 g/mol. The van der Waals surface area contributed by atoms with Crippen LogP contribution < -0.4 is 10.3 Å². The molecule has 0 unspecified atom stereocenters. The second kappa shape index (κ2) is 6.93. The molecule has 1 N–H and O–H groups in total. The van der Waals surface area contributed by atoms with Gasteiger partial charge in [0.1, 0.15) is 12.4 Å². The maximum Gasteiger partial charge on any atom is 0.258 e. The van der Waals surface area contributed by atoms with E-state index in [4.69, 9.17) is 4.74 Å². The van der Waals surface area contributed by atoms with E-state index in [-0.39, 0.29) is 16.4 Å². The van der Waals surface area contributed by atoms with Gasteiger partial charge >= 0.3 is 0 Å². The summed E-state index contributed by atoms with van der Waals surface area (Å²) in [5.41, 5.74) is 5.55. The lowest BCUT2D eigenvalue weighted by Crippen LogP contribution is -2.33. The highest BCUT2D eigenvalue weighted by Crippen LogP contribution is 2.45. The molecule has 0 radical (unpaired) electrons. The van der Waals surface area contributed by atoms with Crippen molar-refractivity contribution in [2.75, 3.05) is 0 Å². The Morgan fingerprint density at radius 1 is 0.929 bits per heavy atom. The van der Waals surface area contributed by atoms with E-state index in [1.54, 1.807) is 6.07 Å². The molecule has 3 nitrogen and oxygen atoms in total. The molecule has 0 fully saturated rings. The van der Waals surface area contributed by atoms with Gasteiger partial charge in [-0.25, -0.2) is 0 Å². The third-order valence-electron chi connectivity index (χ3n) is 5.99. The van der Waals surface area contributed by atoms with Crippen molar-refractivity contribution in [1.29, 1.82) is 0 Å². The molecule has 4 heteroatoms. The van der Waals surface area contributed by atoms with Crippen molar-refractivity contribution in [3.8, 4) is 16.2 Å². The van der Waals surface area contributed by atoms with Crippen molar-refractivity contribution in [2.24, 2.45) is 0 Å². The van der Waals surface area contributed by atoms with Crippen LogP contribution in [0.4, 0.5) is 0 Å². The van der Waals surface area contributed by atoms with Gasteiger partial charge in [-0.3, -0.25) is 9.17 Å². The lowest BCUT2D eigenvalue weighted by molar-refractivity contribution is 0.303. The number of benzene rings is 2. The first-order valence-electron chi connectivity index (χ1n) is 9.80. The molecular weight excluding hydrogens is 366 g/mol. The summed E-state index contributed by atoms with van der Waals surface area (Å²) in [6.07, 6.45) is 2.44. The highest BCUT2D eigenvalue weighted by Gasteiger charge is 2.36. The fraction of sp³-hybridized carbons (Fsp3) is 0.375. The van der Waals surface area contributed by atoms with E-state index < -0.39 is 0 Å². The molecule has 3 aromatic rings. The summed E-state index contributed by atoms with van der Waals surface area (Å²) in [5, 5.41) is 0. The van der Waals surface area contributed by atoms with Gasteiger partial charge in [-0.1, -0.05) is 57.4 Å². The molecule has 1 aliphatic carbocycles. The smallest absolute Gasteiger partial charge is 0.258 e. The van der Waals surface area contributed by atoms with E-state index in [1.165, 1.54) is 41.1 Å². The summed E-state index contributed by atoms with van der Waals surface area (Å²) in [6, 6.07) is 16.4. The summed E-state index contributed by atoms with van der Waals surface area (Å²) in [7, 11) is 0. The highest BCUT2D eigenvalue weighted by atomic mass is 32.1. The molecule has 0 saturated carbocycles. The Balaban J connectivity index is 1.50. The fourth-order valence-electron chi connectivity index (χ4n) is 4.03. The first-order chi connectivity index (χ1) is 13.2. The molecule has 2 aromatic carbocycles. The summed E-state index contributed by atoms with van der Waals surface area (Å²) < 4.78 is 8.75. The minimum Gasteiger partial charge on any atom is -0.489 e. The molecule has 28 heavy (non-hydrogen) atoms. The van der Waals surface area contributed by atoms with Crippen LogP contribution >= 0.6 is 11.5 Å². The van der Waals surface area contributed by atoms with Crippen molar-refractivity contribution >= 4 is 11.5 Å². The molecule has 0 atom stereocenters. The van der Waals surface area contributed by atoms with Crippen LogP contribution in [0, 0.1) is 0 Å². The predicted molar refractivity (Wildman–Crippen MR) is 116 cm³/mol. The largest absolute Gasteiger partial charge is 0.489 e. The number of nitrogens with one attached hydrogen (secondary N) is 1. The number of aromatic nitrogens is 1. The quantitative estimate of drug-likeness (QED) is 0.588. The van der Waals surface area contributed by atoms with Gasteiger partial charge in [0.2, 0.25) is 0 Å². The molecule has 0 spiro atoms. The zero-order chi connectivity index (χ0) is 19.9. The molecular formula is C24H27NO2S. The van der Waals surface area contributed by atoms with Crippen molar-refractivity contribution in [3.05, 3.63) is 75.6 Å². The number of aromatic amines is 1. The maximum atomic E-state index is 11.3. The number of hydrogen-bond acceptors (Lipinski definition) is 3. The van der Waals surface area contributed by atoms with Crippen LogP contribution in [0.15, 0.2) is 53.3 Å². The first kappa shape index (κ1) is 19.0. The molecule has 0 bridgehead atoms. The zero-order valence-corrected chi connectivity index (χ0v) is 17.8. The first-order valence-corrected chi connectivity index (χ1v) is 10.6. The number of fused-ring (bicyclic) bond motifs is 1. The van der Waals surface area contributed by atoms with E-state index in [1.807, 2.05) is 24.3 Å². The maximum absolute atomic E-state index is 11.3. The predicted octanol–water partition coefficient (Wildman–Crippen LogP) is 6.03. The molecule has 1 aromatic heterocycles. The number of H-pyrrole nitrogens is 1. The van der Waals surface area contributed by atoms with E-state index in [0.717, 1.165) is 16.2 Å². The average molecular weight is 394 g/mol. The van der Waals surface area contributed by atoms with Crippen LogP contribution in [0.5, 0.6) is 5.75 Å². The van der Waals surface area contributed by atoms with Crippen LogP contribution in [-0.2, 0) is 17.4 Å². The van der Waals surface area contributed by atoms with Gasteiger partial charge in [-0.05, 0) is 70.2 Å². The molecule has 146 valence electrons. The van der Waals surface area contributed by atoms with E-state index in [9.17, 15) is 4.79 Å². The van der Waals surface area contributed by atoms with Crippen molar-refractivity contribution < 1.29 is 4.74 Å². The van der Waals surface area contributed by atoms with Gasteiger partial charge in [0, 0.05) is 6.07 Å². The van der Waals surface area contributed by atoms with Gasteiger partial charge in [0.15, 0.2) is 0 Å². The van der Waals surface area contributed by atoms with Crippen LogP contribution in [-0.4, -0.2) is 4.37 Å². The van der Waals surface area contributed by atoms with Crippen molar-refractivity contribution in [1.82, 2.24) is 4.37 Å².